The molecule has 0 bridgehead atoms. The van der Waals surface area contributed by atoms with Crippen LogP contribution in [0.15, 0.2) is 18.2 Å². The summed E-state index contributed by atoms with van der Waals surface area (Å²) in [7, 11) is 0. The molecule has 19 heavy (non-hydrogen) atoms. The molecule has 0 spiro atoms. The average Bonchev–Trinajstić information content (AvgIpc) is 2.30. The van der Waals surface area contributed by atoms with Gasteiger partial charge in [0.25, 0.3) is 0 Å². The molecule has 0 aromatic heterocycles. The Balaban J connectivity index is 3.05. The molecule has 0 heterocycles. The Morgan fingerprint density at radius 1 is 1.47 bits per heavy atom. The van der Waals surface area contributed by atoms with Crippen LogP contribution in [0.5, 0.6) is 0 Å². The lowest BCUT2D eigenvalue weighted by molar-refractivity contribution is -0.137. The van der Waals surface area contributed by atoms with Crippen molar-refractivity contribution in [3.05, 3.63) is 29.6 Å². The Bertz CT molecular complexity index is 491. The van der Waals surface area contributed by atoms with Gasteiger partial charge in [0.1, 0.15) is 5.82 Å². The summed E-state index contributed by atoms with van der Waals surface area (Å²) in [5.74, 6) is -2.23. The number of benzene rings is 1. The molecule has 6 heteroatoms. The van der Waals surface area contributed by atoms with Crippen molar-refractivity contribution in [3.63, 3.8) is 0 Å². The Hall–Kier alpha value is -2.11. The minimum atomic E-state index is -0.944. The normalized spacial score (nSPS) is 11.9. The molecule has 0 radical (unpaired) electrons. The number of amides is 1. The van der Waals surface area contributed by atoms with Crippen LogP contribution in [0.1, 0.15) is 30.6 Å². The van der Waals surface area contributed by atoms with Crippen molar-refractivity contribution in [2.45, 2.75) is 26.3 Å². The van der Waals surface area contributed by atoms with E-state index in [0.29, 0.717) is 6.54 Å². The number of hydrogen-bond acceptors (Lipinski definition) is 3. The number of carbonyl (C=O) groups is 2. The first kappa shape index (κ1) is 14.9. The predicted octanol–water partition coefficient (Wildman–Crippen LogP) is 1.61. The zero-order valence-corrected chi connectivity index (χ0v) is 10.9. The van der Waals surface area contributed by atoms with Crippen molar-refractivity contribution in [1.29, 1.82) is 0 Å². The SMILES string of the molecule is CCN(c1ccc(C(N)=O)cc1F)C(C)CC(=O)O. The van der Waals surface area contributed by atoms with Gasteiger partial charge >= 0.3 is 5.97 Å². The van der Waals surface area contributed by atoms with E-state index >= 15 is 0 Å². The average molecular weight is 268 g/mol. The monoisotopic (exact) mass is 268 g/mol. The number of hydrogen-bond donors (Lipinski definition) is 2. The van der Waals surface area contributed by atoms with Crippen molar-refractivity contribution in [2.75, 3.05) is 11.4 Å². The number of aliphatic carboxylic acids is 1. The molecule has 0 aliphatic heterocycles. The number of carboxylic acids is 1. The largest absolute Gasteiger partial charge is 0.481 e. The van der Waals surface area contributed by atoms with Crippen LogP contribution in [0.4, 0.5) is 10.1 Å². The maximum Gasteiger partial charge on any atom is 0.305 e. The molecule has 1 unspecified atom stereocenters. The third-order valence-electron chi connectivity index (χ3n) is 2.88. The fourth-order valence-corrected chi connectivity index (χ4v) is 1.98. The Morgan fingerprint density at radius 3 is 2.53 bits per heavy atom. The lowest BCUT2D eigenvalue weighted by Crippen LogP contribution is -2.35. The summed E-state index contributed by atoms with van der Waals surface area (Å²) in [6, 6.07) is 3.58. The molecular formula is C13H17FN2O3. The smallest absolute Gasteiger partial charge is 0.305 e. The van der Waals surface area contributed by atoms with Gasteiger partial charge < -0.3 is 15.7 Å². The Kier molecular flexibility index (Phi) is 4.86. The number of primary amides is 1. The third-order valence-corrected chi connectivity index (χ3v) is 2.88. The van der Waals surface area contributed by atoms with Crippen molar-refractivity contribution >= 4 is 17.6 Å². The van der Waals surface area contributed by atoms with Crippen LogP contribution in [0.2, 0.25) is 0 Å². The molecule has 0 aliphatic rings. The number of carbonyl (C=O) groups excluding carboxylic acids is 1. The number of anilines is 1. The van der Waals surface area contributed by atoms with E-state index in [-0.39, 0.29) is 23.7 Å². The summed E-state index contributed by atoms with van der Waals surface area (Å²) in [6.45, 7) is 3.97. The second-order valence-electron chi connectivity index (χ2n) is 4.26. The van der Waals surface area contributed by atoms with E-state index in [9.17, 15) is 14.0 Å². The summed E-state index contributed by atoms with van der Waals surface area (Å²) in [5.41, 5.74) is 5.42. The summed E-state index contributed by atoms with van der Waals surface area (Å²) < 4.78 is 13.9. The number of halogens is 1. The van der Waals surface area contributed by atoms with Gasteiger partial charge in [0.2, 0.25) is 5.91 Å². The molecule has 1 amide bonds. The molecule has 3 N–H and O–H groups in total. The van der Waals surface area contributed by atoms with Crippen LogP contribution in [0.25, 0.3) is 0 Å². The molecule has 104 valence electrons. The molecule has 0 saturated heterocycles. The van der Waals surface area contributed by atoms with Gasteiger partial charge in [0.05, 0.1) is 12.1 Å². The zero-order valence-electron chi connectivity index (χ0n) is 10.9. The van der Waals surface area contributed by atoms with Gasteiger partial charge in [-0.2, -0.15) is 0 Å². The number of nitrogens with two attached hydrogens (primary N) is 1. The lowest BCUT2D eigenvalue weighted by Gasteiger charge is -2.29. The van der Waals surface area contributed by atoms with Crippen molar-refractivity contribution in [3.8, 4) is 0 Å². The van der Waals surface area contributed by atoms with E-state index in [1.807, 2.05) is 0 Å². The van der Waals surface area contributed by atoms with Gasteiger partial charge in [0.15, 0.2) is 0 Å². The highest BCUT2D eigenvalue weighted by Gasteiger charge is 2.19. The van der Waals surface area contributed by atoms with E-state index in [0.717, 1.165) is 6.07 Å². The van der Waals surface area contributed by atoms with E-state index in [1.54, 1.807) is 18.7 Å². The van der Waals surface area contributed by atoms with Gasteiger partial charge in [0, 0.05) is 18.2 Å². The topological polar surface area (TPSA) is 83.6 Å². The van der Waals surface area contributed by atoms with Gasteiger partial charge in [-0.25, -0.2) is 4.39 Å². The van der Waals surface area contributed by atoms with Crippen LogP contribution in [-0.4, -0.2) is 29.6 Å². The highest BCUT2D eigenvalue weighted by molar-refractivity contribution is 5.93. The lowest BCUT2D eigenvalue weighted by atomic mass is 10.1. The van der Waals surface area contributed by atoms with Gasteiger partial charge in [-0.05, 0) is 32.0 Å². The van der Waals surface area contributed by atoms with Crippen LogP contribution < -0.4 is 10.6 Å². The Morgan fingerprint density at radius 2 is 2.11 bits per heavy atom. The van der Waals surface area contributed by atoms with Crippen LogP contribution in [0, 0.1) is 5.82 Å². The predicted molar refractivity (Wildman–Crippen MR) is 69.7 cm³/mol. The van der Waals surface area contributed by atoms with Crippen molar-refractivity contribution < 1.29 is 19.1 Å². The summed E-state index contributed by atoms with van der Waals surface area (Å²) in [6.07, 6.45) is -0.0924. The molecule has 0 fully saturated rings. The number of nitrogens with zero attached hydrogens (tertiary/aromatic N) is 1. The van der Waals surface area contributed by atoms with Gasteiger partial charge in [-0.3, -0.25) is 9.59 Å². The quantitative estimate of drug-likeness (QED) is 0.821. The number of rotatable bonds is 6. The van der Waals surface area contributed by atoms with Crippen molar-refractivity contribution in [1.82, 2.24) is 0 Å². The first-order chi connectivity index (χ1) is 8.86. The molecule has 1 aromatic carbocycles. The summed E-state index contributed by atoms with van der Waals surface area (Å²) >= 11 is 0. The van der Waals surface area contributed by atoms with Crippen molar-refractivity contribution in [2.24, 2.45) is 5.73 Å². The van der Waals surface area contributed by atoms with Crippen LogP contribution in [0.3, 0.4) is 0 Å². The zero-order chi connectivity index (χ0) is 14.6. The fraction of sp³-hybridized carbons (Fsp3) is 0.385. The van der Waals surface area contributed by atoms with Gasteiger partial charge in [-0.15, -0.1) is 0 Å². The molecule has 0 aliphatic carbocycles. The molecule has 1 aromatic rings. The molecule has 1 atom stereocenters. The molecule has 5 nitrogen and oxygen atoms in total. The minimum Gasteiger partial charge on any atom is -0.481 e. The first-order valence-electron chi connectivity index (χ1n) is 5.94. The fourth-order valence-electron chi connectivity index (χ4n) is 1.98. The summed E-state index contributed by atoms with van der Waals surface area (Å²) in [5, 5.41) is 8.78. The standard InChI is InChI=1S/C13H17FN2O3/c1-3-16(8(2)6-12(17)18)11-5-4-9(13(15)19)7-10(11)14/h4-5,7-8H,3,6H2,1-2H3,(H2,15,19)(H,17,18). The van der Waals surface area contributed by atoms with Crippen LogP contribution >= 0.6 is 0 Å². The molecule has 1 rings (SSSR count). The maximum atomic E-state index is 13.9. The highest BCUT2D eigenvalue weighted by atomic mass is 19.1. The highest BCUT2D eigenvalue weighted by Crippen LogP contribution is 2.23. The van der Waals surface area contributed by atoms with E-state index in [2.05, 4.69) is 0 Å². The van der Waals surface area contributed by atoms with E-state index in [1.165, 1.54) is 12.1 Å². The number of carboxylic acid groups (broad SMARTS) is 1. The van der Waals surface area contributed by atoms with E-state index < -0.39 is 17.7 Å². The second kappa shape index (κ2) is 6.17. The molecular weight excluding hydrogens is 251 g/mol. The van der Waals surface area contributed by atoms with E-state index in [4.69, 9.17) is 10.8 Å². The van der Waals surface area contributed by atoms with Gasteiger partial charge in [-0.1, -0.05) is 0 Å². The minimum absolute atomic E-state index is 0.0863. The first-order valence-corrected chi connectivity index (χ1v) is 5.94. The van der Waals surface area contributed by atoms with Crippen LogP contribution in [-0.2, 0) is 4.79 Å². The third kappa shape index (κ3) is 3.67. The Labute approximate surface area is 110 Å². The maximum absolute atomic E-state index is 13.9. The molecule has 0 saturated carbocycles. The second-order valence-corrected chi connectivity index (χ2v) is 4.26. The summed E-state index contributed by atoms with van der Waals surface area (Å²) in [4.78, 5) is 23.3.